The van der Waals surface area contributed by atoms with Crippen LogP contribution in [0.3, 0.4) is 0 Å². The molecule has 0 fully saturated rings. The molecule has 2 N–H and O–H groups in total. The van der Waals surface area contributed by atoms with Gasteiger partial charge in [0.1, 0.15) is 17.2 Å². The van der Waals surface area contributed by atoms with Crippen LogP contribution in [0.15, 0.2) is 63.6 Å². The van der Waals surface area contributed by atoms with Crippen LogP contribution in [0.25, 0.3) is 0 Å². The van der Waals surface area contributed by atoms with Crippen molar-refractivity contribution in [3.8, 4) is 5.75 Å². The number of halogens is 1. The minimum Gasteiger partial charge on any atom is -0.483 e. The fourth-order valence-corrected chi connectivity index (χ4v) is 4.04. The van der Waals surface area contributed by atoms with E-state index in [4.69, 9.17) is 26.5 Å². The highest BCUT2D eigenvalue weighted by molar-refractivity contribution is 7.10. The van der Waals surface area contributed by atoms with Gasteiger partial charge >= 0.3 is 0 Å². The third kappa shape index (κ3) is 4.03. The fourth-order valence-electron chi connectivity index (χ4n) is 3.06. The Morgan fingerprint density at radius 2 is 2.17 bits per heavy atom. The number of amides is 2. The minimum absolute atomic E-state index is 0.112. The lowest BCUT2D eigenvalue weighted by molar-refractivity contribution is -0.135. The molecule has 3 aromatic rings. The van der Waals surface area contributed by atoms with Crippen molar-refractivity contribution in [1.82, 2.24) is 5.01 Å². The first-order valence-corrected chi connectivity index (χ1v) is 9.97. The van der Waals surface area contributed by atoms with E-state index in [0.717, 1.165) is 4.88 Å². The van der Waals surface area contributed by atoms with Crippen LogP contribution in [0, 0.1) is 0 Å². The first-order chi connectivity index (χ1) is 14.0. The lowest BCUT2D eigenvalue weighted by atomic mass is 10.1. The zero-order valence-corrected chi connectivity index (χ0v) is 16.7. The highest BCUT2D eigenvalue weighted by Gasteiger charge is 2.34. The average Bonchev–Trinajstić information content (AvgIpc) is 3.47. The molecule has 29 heavy (non-hydrogen) atoms. The average molecular weight is 430 g/mol. The molecule has 0 aliphatic carbocycles. The molecule has 1 aromatic carbocycles. The number of carbonyl (C=O) groups is 2. The van der Waals surface area contributed by atoms with Crippen molar-refractivity contribution in [2.75, 3.05) is 6.61 Å². The molecule has 4 rings (SSSR count). The second-order valence-electron chi connectivity index (χ2n) is 6.29. The van der Waals surface area contributed by atoms with Gasteiger partial charge in [-0.15, -0.1) is 11.3 Å². The maximum absolute atomic E-state index is 12.9. The zero-order valence-electron chi connectivity index (χ0n) is 15.1. The van der Waals surface area contributed by atoms with Gasteiger partial charge in [0, 0.05) is 16.3 Å². The van der Waals surface area contributed by atoms with Crippen LogP contribution in [-0.2, 0) is 4.79 Å². The predicted octanol–water partition coefficient (Wildman–Crippen LogP) is 3.85. The number of thiophene rings is 1. The van der Waals surface area contributed by atoms with Gasteiger partial charge in [-0.25, -0.2) is 5.01 Å². The number of primary amides is 1. The molecule has 9 heteroatoms. The normalized spacial score (nSPS) is 16.0. The van der Waals surface area contributed by atoms with E-state index in [2.05, 4.69) is 5.10 Å². The van der Waals surface area contributed by atoms with Crippen molar-refractivity contribution in [3.63, 3.8) is 0 Å². The van der Waals surface area contributed by atoms with Crippen molar-refractivity contribution in [2.45, 2.75) is 12.5 Å². The highest BCUT2D eigenvalue weighted by atomic mass is 35.5. The molecule has 0 radical (unpaired) electrons. The molecular formula is C20H16ClN3O4S. The number of benzene rings is 1. The van der Waals surface area contributed by atoms with Gasteiger partial charge in [0.15, 0.2) is 6.61 Å². The summed E-state index contributed by atoms with van der Waals surface area (Å²) in [5, 5.41) is 8.18. The topological polar surface area (TPSA) is 98.1 Å². The zero-order chi connectivity index (χ0) is 20.4. The molecule has 0 spiro atoms. The maximum Gasteiger partial charge on any atom is 0.281 e. The van der Waals surface area contributed by atoms with E-state index < -0.39 is 5.91 Å². The van der Waals surface area contributed by atoms with E-state index in [9.17, 15) is 9.59 Å². The lowest BCUT2D eigenvalue weighted by Crippen LogP contribution is -2.31. The lowest BCUT2D eigenvalue weighted by Gasteiger charge is -2.21. The smallest absolute Gasteiger partial charge is 0.281 e. The Morgan fingerprint density at radius 1 is 1.31 bits per heavy atom. The van der Waals surface area contributed by atoms with Gasteiger partial charge in [-0.3, -0.25) is 9.59 Å². The van der Waals surface area contributed by atoms with Gasteiger partial charge in [-0.1, -0.05) is 17.7 Å². The third-order valence-electron chi connectivity index (χ3n) is 4.40. The number of hydrogen-bond acceptors (Lipinski definition) is 6. The molecule has 1 aliphatic heterocycles. The predicted molar refractivity (Wildman–Crippen MR) is 109 cm³/mol. The van der Waals surface area contributed by atoms with Gasteiger partial charge in [0.05, 0.1) is 17.9 Å². The second-order valence-corrected chi connectivity index (χ2v) is 7.71. The quantitative estimate of drug-likeness (QED) is 0.643. The van der Waals surface area contributed by atoms with Crippen LogP contribution >= 0.6 is 22.9 Å². The summed E-state index contributed by atoms with van der Waals surface area (Å²) in [6.07, 6.45) is 2.10. The summed E-state index contributed by atoms with van der Waals surface area (Å²) >= 11 is 7.45. The van der Waals surface area contributed by atoms with Crippen molar-refractivity contribution in [3.05, 3.63) is 75.3 Å². The molecule has 1 atom stereocenters. The van der Waals surface area contributed by atoms with Crippen molar-refractivity contribution >= 4 is 40.5 Å². The van der Waals surface area contributed by atoms with Crippen LogP contribution in [0.4, 0.5) is 0 Å². The summed E-state index contributed by atoms with van der Waals surface area (Å²) < 4.78 is 11.0. The minimum atomic E-state index is -0.689. The van der Waals surface area contributed by atoms with E-state index in [-0.39, 0.29) is 29.9 Å². The van der Waals surface area contributed by atoms with Gasteiger partial charge in [0.2, 0.25) is 0 Å². The summed E-state index contributed by atoms with van der Waals surface area (Å²) in [6.45, 7) is -0.307. The molecule has 0 saturated heterocycles. The third-order valence-corrected chi connectivity index (χ3v) is 5.61. The largest absolute Gasteiger partial charge is 0.483 e. The molecule has 148 valence electrons. The SMILES string of the molecule is NC(=O)c1cc(Cl)ccc1OCC(=O)N1N=C(c2ccco2)CC1c1cccs1. The molecule has 3 heterocycles. The number of nitrogens with zero attached hydrogens (tertiary/aromatic N) is 2. The molecule has 2 aromatic heterocycles. The monoisotopic (exact) mass is 429 g/mol. The Balaban J connectivity index is 1.55. The van der Waals surface area contributed by atoms with E-state index in [1.54, 1.807) is 29.7 Å². The number of hydrazone groups is 1. The number of nitrogens with two attached hydrogens (primary N) is 1. The Labute approximate surface area is 175 Å². The number of carbonyl (C=O) groups excluding carboxylic acids is 2. The molecular weight excluding hydrogens is 414 g/mol. The van der Waals surface area contributed by atoms with E-state index in [0.29, 0.717) is 22.9 Å². The van der Waals surface area contributed by atoms with Crippen molar-refractivity contribution in [1.29, 1.82) is 0 Å². The second kappa shape index (κ2) is 8.10. The summed E-state index contributed by atoms with van der Waals surface area (Å²) in [4.78, 5) is 25.5. The molecule has 0 bridgehead atoms. The van der Waals surface area contributed by atoms with Crippen molar-refractivity contribution < 1.29 is 18.7 Å². The first kappa shape index (κ1) is 19.2. The van der Waals surface area contributed by atoms with Crippen LogP contribution in [0.2, 0.25) is 5.02 Å². The molecule has 1 aliphatic rings. The summed E-state index contributed by atoms with van der Waals surface area (Å²) in [6, 6.07) is 11.7. The van der Waals surface area contributed by atoms with Crippen LogP contribution in [-0.4, -0.2) is 29.1 Å². The molecule has 1 unspecified atom stereocenters. The van der Waals surface area contributed by atoms with Crippen LogP contribution in [0.5, 0.6) is 5.75 Å². The number of hydrogen-bond donors (Lipinski definition) is 1. The fraction of sp³-hybridized carbons (Fsp3) is 0.150. The van der Waals surface area contributed by atoms with Gasteiger partial charge in [-0.05, 0) is 41.8 Å². The Hall–Kier alpha value is -3.10. The summed E-state index contributed by atoms with van der Waals surface area (Å²) in [7, 11) is 0. The number of ether oxygens (including phenoxy) is 1. The Kier molecular flexibility index (Phi) is 5.37. The van der Waals surface area contributed by atoms with Gasteiger partial charge in [-0.2, -0.15) is 5.10 Å². The molecule has 0 saturated carbocycles. The Bertz CT molecular complexity index is 1060. The molecule has 7 nitrogen and oxygen atoms in total. The standard InChI is InChI=1S/C20H16ClN3O4S/c21-12-5-6-16(13(9-12)20(22)26)28-11-19(25)24-15(18-4-2-8-29-18)10-14(23-24)17-3-1-7-27-17/h1-9,15H,10-11H2,(H2,22,26). The van der Waals surface area contributed by atoms with Gasteiger partial charge < -0.3 is 14.9 Å². The highest BCUT2D eigenvalue weighted by Crippen LogP contribution is 2.35. The van der Waals surface area contributed by atoms with Crippen molar-refractivity contribution in [2.24, 2.45) is 10.8 Å². The van der Waals surface area contributed by atoms with Crippen LogP contribution in [0.1, 0.15) is 33.5 Å². The van der Waals surface area contributed by atoms with E-state index in [1.807, 2.05) is 23.6 Å². The van der Waals surface area contributed by atoms with Gasteiger partial charge in [0.25, 0.3) is 11.8 Å². The first-order valence-electron chi connectivity index (χ1n) is 8.72. The maximum atomic E-state index is 12.9. The van der Waals surface area contributed by atoms with Crippen LogP contribution < -0.4 is 10.5 Å². The summed E-state index contributed by atoms with van der Waals surface area (Å²) in [5.74, 6) is -0.227. The van der Waals surface area contributed by atoms with E-state index >= 15 is 0 Å². The Morgan fingerprint density at radius 3 is 2.86 bits per heavy atom. The summed E-state index contributed by atoms with van der Waals surface area (Å²) in [5.41, 5.74) is 6.17. The molecule has 2 amide bonds. The van der Waals surface area contributed by atoms with E-state index in [1.165, 1.54) is 17.1 Å². The number of rotatable bonds is 6. The number of furan rings is 1.